The Morgan fingerprint density at radius 2 is 1.75 bits per heavy atom. The summed E-state index contributed by atoms with van der Waals surface area (Å²) < 4.78 is 40.6. The predicted molar refractivity (Wildman–Crippen MR) is 74.3 cm³/mol. The maximum atomic E-state index is 13.6. The van der Waals surface area contributed by atoms with Crippen LogP contribution in [-0.2, 0) is 10.0 Å². The van der Waals surface area contributed by atoms with Gasteiger partial charge in [0.15, 0.2) is 0 Å². The van der Waals surface area contributed by atoms with Crippen molar-refractivity contribution < 1.29 is 12.8 Å². The number of rotatable bonds is 4. The molecular formula is C14H19FN2O2S. The standard InChI is InChI=1S/C14H19FN2O2S/c15-13-3-1-2-4-14(13)20(18,19)16-11-7-9-17(10-8-11)12-5-6-12/h1-4,11-12,16H,5-10H2. The van der Waals surface area contributed by atoms with Crippen LogP contribution in [0.3, 0.4) is 0 Å². The zero-order valence-electron chi connectivity index (χ0n) is 11.3. The molecular weight excluding hydrogens is 279 g/mol. The Morgan fingerprint density at radius 1 is 1.10 bits per heavy atom. The molecule has 1 aliphatic carbocycles. The van der Waals surface area contributed by atoms with Gasteiger partial charge in [-0.2, -0.15) is 0 Å². The average Bonchev–Trinajstić information content (AvgIpc) is 3.24. The lowest BCUT2D eigenvalue weighted by atomic mass is 10.1. The number of hydrogen-bond acceptors (Lipinski definition) is 3. The predicted octanol–water partition coefficient (Wildman–Crippen LogP) is 1.73. The second kappa shape index (κ2) is 5.42. The van der Waals surface area contributed by atoms with E-state index in [1.54, 1.807) is 0 Å². The Morgan fingerprint density at radius 3 is 2.35 bits per heavy atom. The summed E-state index contributed by atoms with van der Waals surface area (Å²) in [6.45, 7) is 1.85. The first-order chi connectivity index (χ1) is 9.56. The minimum atomic E-state index is -3.76. The first-order valence-electron chi connectivity index (χ1n) is 7.07. The summed E-state index contributed by atoms with van der Waals surface area (Å²) in [5.41, 5.74) is 0. The lowest BCUT2D eigenvalue weighted by Crippen LogP contribution is -2.45. The highest BCUT2D eigenvalue weighted by molar-refractivity contribution is 7.89. The quantitative estimate of drug-likeness (QED) is 0.921. The number of nitrogens with one attached hydrogen (secondary N) is 1. The van der Waals surface area contributed by atoms with Crippen LogP contribution in [0.25, 0.3) is 0 Å². The van der Waals surface area contributed by atoms with Gasteiger partial charge in [-0.1, -0.05) is 12.1 Å². The van der Waals surface area contributed by atoms with Crippen LogP contribution in [0.5, 0.6) is 0 Å². The summed E-state index contributed by atoms with van der Waals surface area (Å²) in [5.74, 6) is -0.699. The number of piperidine rings is 1. The Kier molecular flexibility index (Phi) is 3.79. The molecule has 2 aliphatic rings. The summed E-state index contributed by atoms with van der Waals surface area (Å²) in [4.78, 5) is 2.16. The van der Waals surface area contributed by atoms with Gasteiger partial charge in [0, 0.05) is 12.1 Å². The van der Waals surface area contributed by atoms with Crippen molar-refractivity contribution in [2.75, 3.05) is 13.1 Å². The summed E-state index contributed by atoms with van der Waals surface area (Å²) >= 11 is 0. The summed E-state index contributed by atoms with van der Waals surface area (Å²) in [5, 5.41) is 0. The molecule has 0 spiro atoms. The van der Waals surface area contributed by atoms with Crippen LogP contribution in [0.2, 0.25) is 0 Å². The van der Waals surface area contributed by atoms with Gasteiger partial charge in [0.05, 0.1) is 0 Å². The van der Waals surface area contributed by atoms with Crippen LogP contribution >= 0.6 is 0 Å². The Hall–Kier alpha value is -0.980. The number of hydrogen-bond donors (Lipinski definition) is 1. The van der Waals surface area contributed by atoms with Crippen molar-refractivity contribution in [1.29, 1.82) is 0 Å². The van der Waals surface area contributed by atoms with Crippen molar-refractivity contribution in [2.45, 2.75) is 42.7 Å². The van der Waals surface area contributed by atoms with E-state index in [9.17, 15) is 12.8 Å². The Balaban J connectivity index is 1.64. The molecule has 0 bridgehead atoms. The third-order valence-electron chi connectivity index (χ3n) is 4.04. The molecule has 1 N–H and O–H groups in total. The molecule has 0 unspecified atom stereocenters. The van der Waals surface area contributed by atoms with Gasteiger partial charge in [-0.05, 0) is 50.9 Å². The van der Waals surface area contributed by atoms with Gasteiger partial charge in [-0.25, -0.2) is 17.5 Å². The van der Waals surface area contributed by atoms with Gasteiger partial charge in [-0.3, -0.25) is 0 Å². The zero-order chi connectivity index (χ0) is 14.2. The summed E-state index contributed by atoms with van der Waals surface area (Å²) in [6.07, 6.45) is 4.13. The molecule has 1 aromatic carbocycles. The lowest BCUT2D eigenvalue weighted by molar-refractivity contribution is 0.199. The fourth-order valence-electron chi connectivity index (χ4n) is 2.77. The van der Waals surface area contributed by atoms with Crippen molar-refractivity contribution >= 4 is 10.0 Å². The number of sulfonamides is 1. The van der Waals surface area contributed by atoms with E-state index in [0.717, 1.165) is 32.0 Å². The molecule has 20 heavy (non-hydrogen) atoms. The van der Waals surface area contributed by atoms with E-state index in [4.69, 9.17) is 0 Å². The van der Waals surface area contributed by atoms with E-state index >= 15 is 0 Å². The molecule has 0 atom stereocenters. The SMILES string of the molecule is O=S(=O)(NC1CCN(C2CC2)CC1)c1ccccc1F. The molecule has 1 aromatic rings. The third-order valence-corrected chi connectivity index (χ3v) is 5.59. The van der Waals surface area contributed by atoms with Crippen molar-refractivity contribution in [3.63, 3.8) is 0 Å². The summed E-state index contributed by atoms with van der Waals surface area (Å²) in [6, 6.07) is 6.13. The molecule has 2 fully saturated rings. The molecule has 1 heterocycles. The van der Waals surface area contributed by atoms with Gasteiger partial charge in [0.2, 0.25) is 10.0 Å². The van der Waals surface area contributed by atoms with Crippen LogP contribution in [0.4, 0.5) is 4.39 Å². The van der Waals surface area contributed by atoms with E-state index in [1.165, 1.54) is 37.1 Å². The van der Waals surface area contributed by atoms with E-state index in [2.05, 4.69) is 9.62 Å². The maximum absolute atomic E-state index is 13.6. The first-order valence-corrected chi connectivity index (χ1v) is 8.55. The number of halogens is 1. The Bertz CT molecular complexity index is 579. The number of likely N-dealkylation sites (tertiary alicyclic amines) is 1. The number of benzene rings is 1. The normalized spacial score (nSPS) is 22.1. The highest BCUT2D eigenvalue weighted by Crippen LogP contribution is 2.29. The molecule has 1 saturated heterocycles. The van der Waals surface area contributed by atoms with Gasteiger partial charge in [-0.15, -0.1) is 0 Å². The van der Waals surface area contributed by atoms with Gasteiger partial charge in [0.25, 0.3) is 0 Å². The first kappa shape index (κ1) is 14.0. The molecule has 0 radical (unpaired) electrons. The van der Waals surface area contributed by atoms with E-state index in [0.29, 0.717) is 0 Å². The van der Waals surface area contributed by atoms with Crippen molar-refractivity contribution in [1.82, 2.24) is 9.62 Å². The van der Waals surface area contributed by atoms with Gasteiger partial charge >= 0.3 is 0 Å². The fraction of sp³-hybridized carbons (Fsp3) is 0.571. The highest BCUT2D eigenvalue weighted by Gasteiger charge is 2.33. The number of nitrogens with zero attached hydrogens (tertiary/aromatic N) is 1. The molecule has 6 heteroatoms. The molecule has 4 nitrogen and oxygen atoms in total. The van der Waals surface area contributed by atoms with Crippen molar-refractivity contribution in [2.24, 2.45) is 0 Å². The molecule has 0 aromatic heterocycles. The van der Waals surface area contributed by atoms with Crippen LogP contribution in [0.1, 0.15) is 25.7 Å². The van der Waals surface area contributed by atoms with Crippen molar-refractivity contribution in [3.8, 4) is 0 Å². The minimum absolute atomic E-state index is 0.0883. The molecule has 0 amide bonds. The highest BCUT2D eigenvalue weighted by atomic mass is 32.2. The average molecular weight is 298 g/mol. The topological polar surface area (TPSA) is 49.4 Å². The third kappa shape index (κ3) is 3.02. The fourth-order valence-corrected chi connectivity index (χ4v) is 4.15. The molecule has 3 rings (SSSR count). The van der Waals surface area contributed by atoms with Crippen molar-refractivity contribution in [3.05, 3.63) is 30.1 Å². The van der Waals surface area contributed by atoms with Crippen LogP contribution in [-0.4, -0.2) is 38.5 Å². The van der Waals surface area contributed by atoms with Gasteiger partial charge in [0.1, 0.15) is 10.7 Å². The minimum Gasteiger partial charge on any atom is -0.300 e. The van der Waals surface area contributed by atoms with E-state index in [-0.39, 0.29) is 10.9 Å². The lowest BCUT2D eigenvalue weighted by Gasteiger charge is -2.32. The van der Waals surface area contributed by atoms with Gasteiger partial charge < -0.3 is 4.90 Å². The van der Waals surface area contributed by atoms with E-state index < -0.39 is 15.8 Å². The Labute approximate surface area is 119 Å². The molecule has 110 valence electrons. The smallest absolute Gasteiger partial charge is 0.243 e. The van der Waals surface area contributed by atoms with Crippen LogP contribution in [0, 0.1) is 5.82 Å². The van der Waals surface area contributed by atoms with Crippen LogP contribution in [0.15, 0.2) is 29.2 Å². The second-order valence-electron chi connectivity index (χ2n) is 5.59. The van der Waals surface area contributed by atoms with E-state index in [1.807, 2.05) is 0 Å². The van der Waals surface area contributed by atoms with Crippen LogP contribution < -0.4 is 4.72 Å². The second-order valence-corrected chi connectivity index (χ2v) is 7.28. The maximum Gasteiger partial charge on any atom is 0.243 e. The zero-order valence-corrected chi connectivity index (χ0v) is 12.1. The summed E-state index contributed by atoms with van der Waals surface area (Å²) in [7, 11) is -3.76. The largest absolute Gasteiger partial charge is 0.300 e. The molecule has 1 aliphatic heterocycles. The monoisotopic (exact) mass is 298 g/mol. The molecule has 1 saturated carbocycles.